The number of nitrogens with zero attached hydrogens (tertiary/aromatic N) is 3. The summed E-state index contributed by atoms with van der Waals surface area (Å²) in [6, 6.07) is 14.6. The second-order valence-corrected chi connectivity index (χ2v) is 7.63. The van der Waals surface area contributed by atoms with Crippen LogP contribution in [0.5, 0.6) is 5.75 Å². The van der Waals surface area contributed by atoms with E-state index in [-0.39, 0.29) is 30.0 Å². The quantitative estimate of drug-likeness (QED) is 0.835. The molecule has 0 aliphatic carbocycles. The maximum atomic E-state index is 13.2. The van der Waals surface area contributed by atoms with Gasteiger partial charge in [-0.05, 0) is 31.2 Å². The number of anilines is 3. The van der Waals surface area contributed by atoms with E-state index in [4.69, 9.17) is 0 Å². The summed E-state index contributed by atoms with van der Waals surface area (Å²) in [5, 5.41) is 13.0. The van der Waals surface area contributed by atoms with E-state index in [0.29, 0.717) is 12.2 Å². The Bertz CT molecular complexity index is 908. The van der Waals surface area contributed by atoms with E-state index in [0.717, 1.165) is 37.6 Å². The van der Waals surface area contributed by atoms with Gasteiger partial charge in [0, 0.05) is 38.6 Å². The molecule has 1 fully saturated rings. The molecule has 0 spiro atoms. The van der Waals surface area contributed by atoms with Gasteiger partial charge in [-0.15, -0.1) is 0 Å². The fraction of sp³-hybridized carbons (Fsp3) is 0.364. The Balaban J connectivity index is 1.43. The highest BCUT2D eigenvalue weighted by atomic mass is 16.3. The van der Waals surface area contributed by atoms with Crippen LogP contribution in [-0.2, 0) is 9.59 Å². The summed E-state index contributed by atoms with van der Waals surface area (Å²) in [7, 11) is 0. The lowest BCUT2D eigenvalue weighted by molar-refractivity contribution is -0.120. The predicted octanol–water partition coefficient (Wildman–Crippen LogP) is 2.28. The Hall–Kier alpha value is -3.06. The number of rotatable bonds is 3. The highest BCUT2D eigenvalue weighted by molar-refractivity contribution is 6.04. The third kappa shape index (κ3) is 4.05. The molecule has 2 amide bonds. The van der Waals surface area contributed by atoms with Crippen molar-refractivity contribution in [3.8, 4) is 5.75 Å². The molecule has 29 heavy (non-hydrogen) atoms. The van der Waals surface area contributed by atoms with Crippen LogP contribution in [-0.4, -0.2) is 60.6 Å². The zero-order valence-corrected chi connectivity index (χ0v) is 16.5. The molecule has 2 aromatic rings. The Labute approximate surface area is 170 Å². The van der Waals surface area contributed by atoms with Gasteiger partial charge in [0.25, 0.3) is 0 Å². The average molecular weight is 394 g/mol. The van der Waals surface area contributed by atoms with Crippen LogP contribution < -0.4 is 15.1 Å². The summed E-state index contributed by atoms with van der Waals surface area (Å²) in [5.74, 6) is 0.207. The summed E-state index contributed by atoms with van der Waals surface area (Å²) >= 11 is 0. The number of hydrogen-bond donors (Lipinski definition) is 2. The highest BCUT2D eigenvalue weighted by Crippen LogP contribution is 2.31. The van der Waals surface area contributed by atoms with E-state index < -0.39 is 0 Å². The lowest BCUT2D eigenvalue weighted by Gasteiger charge is -2.37. The van der Waals surface area contributed by atoms with Crippen LogP contribution in [0.25, 0.3) is 0 Å². The third-order valence-corrected chi connectivity index (χ3v) is 5.58. The number of piperazine rings is 1. The average Bonchev–Trinajstić information content (AvgIpc) is 2.83. The molecule has 1 unspecified atom stereocenters. The van der Waals surface area contributed by atoms with Crippen LogP contribution in [0.1, 0.15) is 13.3 Å². The van der Waals surface area contributed by atoms with Crippen LogP contribution >= 0.6 is 0 Å². The molecular weight excluding hydrogens is 368 g/mol. The largest absolute Gasteiger partial charge is 0.506 e. The zero-order chi connectivity index (χ0) is 20.4. The van der Waals surface area contributed by atoms with Crippen LogP contribution in [0.2, 0.25) is 0 Å². The maximum absolute atomic E-state index is 13.2. The standard InChI is InChI=1S/C22H26N4O3/c1-16-14-21(28)23-17-6-2-3-7-18(17)26(16)22(29)15-24-10-12-25(13-11-24)19-8-4-5-9-20(19)27/h2-9,16,27H,10-15H2,1H3,(H,23,28). The molecular formula is C22H26N4O3. The van der Waals surface area contributed by atoms with Crippen molar-refractivity contribution >= 4 is 28.9 Å². The van der Waals surface area contributed by atoms with Gasteiger partial charge < -0.3 is 20.2 Å². The number of phenols is 1. The van der Waals surface area contributed by atoms with Gasteiger partial charge in [0.05, 0.1) is 23.6 Å². The van der Waals surface area contributed by atoms with E-state index in [1.54, 1.807) is 11.0 Å². The van der Waals surface area contributed by atoms with Crippen molar-refractivity contribution in [1.29, 1.82) is 0 Å². The van der Waals surface area contributed by atoms with Crippen LogP contribution in [0.15, 0.2) is 48.5 Å². The molecule has 0 saturated carbocycles. The number of fused-ring (bicyclic) bond motifs is 1. The summed E-state index contributed by atoms with van der Waals surface area (Å²) in [6.07, 6.45) is 0.279. The summed E-state index contributed by atoms with van der Waals surface area (Å²) in [5.41, 5.74) is 2.27. The maximum Gasteiger partial charge on any atom is 0.241 e. The molecule has 0 aromatic heterocycles. The molecule has 1 saturated heterocycles. The summed E-state index contributed by atoms with van der Waals surface area (Å²) < 4.78 is 0. The fourth-order valence-electron chi connectivity index (χ4n) is 4.11. The van der Waals surface area contributed by atoms with Crippen molar-refractivity contribution in [2.75, 3.05) is 47.8 Å². The molecule has 2 heterocycles. The Kier molecular flexibility index (Phi) is 5.40. The second kappa shape index (κ2) is 8.13. The van der Waals surface area contributed by atoms with Gasteiger partial charge in [-0.2, -0.15) is 0 Å². The third-order valence-electron chi connectivity index (χ3n) is 5.58. The van der Waals surface area contributed by atoms with Crippen molar-refractivity contribution in [1.82, 2.24) is 4.90 Å². The molecule has 0 bridgehead atoms. The molecule has 4 rings (SSSR count). The van der Waals surface area contributed by atoms with E-state index in [9.17, 15) is 14.7 Å². The van der Waals surface area contributed by atoms with E-state index in [1.807, 2.05) is 49.4 Å². The van der Waals surface area contributed by atoms with Crippen molar-refractivity contribution in [2.24, 2.45) is 0 Å². The lowest BCUT2D eigenvalue weighted by atomic mass is 10.1. The molecule has 2 aromatic carbocycles. The second-order valence-electron chi connectivity index (χ2n) is 7.63. The number of amides is 2. The number of phenolic OH excluding ortho intramolecular Hbond substituents is 1. The highest BCUT2D eigenvalue weighted by Gasteiger charge is 2.31. The van der Waals surface area contributed by atoms with Crippen molar-refractivity contribution in [3.05, 3.63) is 48.5 Å². The molecule has 2 aliphatic heterocycles. The summed E-state index contributed by atoms with van der Waals surface area (Å²) in [6.45, 7) is 5.19. The minimum atomic E-state index is -0.200. The van der Waals surface area contributed by atoms with Gasteiger partial charge in [0.2, 0.25) is 11.8 Å². The normalized spacial score (nSPS) is 20.0. The van der Waals surface area contributed by atoms with Crippen LogP contribution in [0.4, 0.5) is 17.1 Å². The number of para-hydroxylation sites is 4. The molecule has 2 aliphatic rings. The van der Waals surface area contributed by atoms with Gasteiger partial charge in [-0.25, -0.2) is 0 Å². The molecule has 0 radical (unpaired) electrons. The van der Waals surface area contributed by atoms with Gasteiger partial charge in [0.1, 0.15) is 5.75 Å². The lowest BCUT2D eigenvalue weighted by Crippen LogP contribution is -2.51. The minimum absolute atomic E-state index is 0.00235. The first-order chi connectivity index (χ1) is 14.0. The van der Waals surface area contributed by atoms with Crippen molar-refractivity contribution in [3.63, 3.8) is 0 Å². The minimum Gasteiger partial charge on any atom is -0.506 e. The smallest absolute Gasteiger partial charge is 0.241 e. The first-order valence-corrected chi connectivity index (χ1v) is 9.99. The number of hydrogen-bond acceptors (Lipinski definition) is 5. The topological polar surface area (TPSA) is 76.1 Å². The van der Waals surface area contributed by atoms with Gasteiger partial charge in [-0.3, -0.25) is 14.5 Å². The zero-order valence-electron chi connectivity index (χ0n) is 16.5. The Morgan fingerprint density at radius 2 is 1.69 bits per heavy atom. The molecule has 1 atom stereocenters. The molecule has 7 heteroatoms. The number of nitrogens with one attached hydrogen (secondary N) is 1. The number of carbonyl (C=O) groups excluding carboxylic acids is 2. The van der Waals surface area contributed by atoms with Crippen LogP contribution in [0.3, 0.4) is 0 Å². The van der Waals surface area contributed by atoms with Gasteiger partial charge in [-0.1, -0.05) is 24.3 Å². The number of aromatic hydroxyl groups is 1. The van der Waals surface area contributed by atoms with E-state index >= 15 is 0 Å². The Morgan fingerprint density at radius 1 is 1.03 bits per heavy atom. The van der Waals surface area contributed by atoms with Gasteiger partial charge in [0.15, 0.2) is 0 Å². The summed E-state index contributed by atoms with van der Waals surface area (Å²) in [4.78, 5) is 31.4. The Morgan fingerprint density at radius 3 is 2.41 bits per heavy atom. The monoisotopic (exact) mass is 394 g/mol. The first kappa shape index (κ1) is 19.3. The van der Waals surface area contributed by atoms with Crippen molar-refractivity contribution in [2.45, 2.75) is 19.4 Å². The van der Waals surface area contributed by atoms with Crippen molar-refractivity contribution < 1.29 is 14.7 Å². The molecule has 7 nitrogen and oxygen atoms in total. The predicted molar refractivity (Wildman–Crippen MR) is 113 cm³/mol. The van der Waals surface area contributed by atoms with E-state index in [2.05, 4.69) is 15.1 Å². The first-order valence-electron chi connectivity index (χ1n) is 9.99. The van der Waals surface area contributed by atoms with Crippen LogP contribution in [0, 0.1) is 0 Å². The number of benzene rings is 2. The number of carbonyl (C=O) groups is 2. The van der Waals surface area contributed by atoms with E-state index in [1.165, 1.54) is 0 Å². The van der Waals surface area contributed by atoms with Gasteiger partial charge >= 0.3 is 0 Å². The molecule has 2 N–H and O–H groups in total. The fourth-order valence-corrected chi connectivity index (χ4v) is 4.11. The SMILES string of the molecule is CC1CC(=O)Nc2ccccc2N1C(=O)CN1CCN(c2ccccc2O)CC1. The molecule has 152 valence electrons.